The number of sulfonamides is 1. The summed E-state index contributed by atoms with van der Waals surface area (Å²) in [4.78, 5) is 11.2. The van der Waals surface area contributed by atoms with Gasteiger partial charge in [-0.1, -0.05) is 11.6 Å². The maximum atomic E-state index is 12.8. The molecule has 1 atom stereocenters. The predicted molar refractivity (Wildman–Crippen MR) is 81.9 cm³/mol. The van der Waals surface area contributed by atoms with E-state index in [4.69, 9.17) is 16.3 Å². The number of carboxylic acids is 1. The lowest BCUT2D eigenvalue weighted by Crippen LogP contribution is -2.40. The quantitative estimate of drug-likeness (QED) is 0.883. The molecule has 0 spiro atoms. The molecule has 6 nitrogen and oxygen atoms in total. The number of hydrogen-bond acceptors (Lipinski definition) is 4. The van der Waals surface area contributed by atoms with Crippen LogP contribution in [-0.2, 0) is 14.8 Å². The Morgan fingerprint density at radius 2 is 2.18 bits per heavy atom. The van der Waals surface area contributed by atoms with Crippen LogP contribution in [0.15, 0.2) is 17.0 Å². The van der Waals surface area contributed by atoms with Gasteiger partial charge in [0.1, 0.15) is 16.7 Å². The second-order valence-electron chi connectivity index (χ2n) is 5.09. The fourth-order valence-corrected chi connectivity index (χ4v) is 4.53. The first kappa shape index (κ1) is 17.1. The molecular formula is C14H18ClNO5S. The zero-order valence-electron chi connectivity index (χ0n) is 12.4. The van der Waals surface area contributed by atoms with E-state index in [1.54, 1.807) is 19.9 Å². The zero-order valence-corrected chi connectivity index (χ0v) is 13.9. The van der Waals surface area contributed by atoms with Crippen LogP contribution in [0.3, 0.4) is 0 Å². The van der Waals surface area contributed by atoms with Crippen LogP contribution in [-0.4, -0.2) is 43.0 Å². The summed E-state index contributed by atoms with van der Waals surface area (Å²) in [5.41, 5.74) is 0.695. The van der Waals surface area contributed by atoms with Crippen molar-refractivity contribution in [2.24, 2.45) is 0 Å². The molecular weight excluding hydrogens is 330 g/mol. The molecule has 1 N–H and O–H groups in total. The van der Waals surface area contributed by atoms with Crippen molar-refractivity contribution in [2.75, 3.05) is 13.2 Å². The van der Waals surface area contributed by atoms with Crippen molar-refractivity contribution in [3.63, 3.8) is 0 Å². The molecule has 0 saturated carbocycles. The molecule has 1 fully saturated rings. The number of carbonyl (C=O) groups is 1. The summed E-state index contributed by atoms with van der Waals surface area (Å²) in [6, 6.07) is 1.85. The van der Waals surface area contributed by atoms with Gasteiger partial charge in [-0.3, -0.25) is 4.79 Å². The molecule has 0 aliphatic carbocycles. The van der Waals surface area contributed by atoms with Gasteiger partial charge < -0.3 is 9.84 Å². The van der Waals surface area contributed by atoms with Gasteiger partial charge in [-0.25, -0.2) is 8.42 Å². The molecule has 1 aromatic rings. The SMILES string of the molecule is CCOc1cc(C)c(Cl)cc1S(=O)(=O)N1CCC[C@H]1C(=O)O. The Labute approximate surface area is 134 Å². The largest absolute Gasteiger partial charge is 0.492 e. The van der Waals surface area contributed by atoms with E-state index in [-0.39, 0.29) is 17.2 Å². The number of aliphatic carboxylic acids is 1. The van der Waals surface area contributed by atoms with Crippen LogP contribution in [0.5, 0.6) is 5.75 Å². The van der Waals surface area contributed by atoms with Gasteiger partial charge in [-0.15, -0.1) is 0 Å². The van der Waals surface area contributed by atoms with Crippen LogP contribution in [0.1, 0.15) is 25.3 Å². The van der Waals surface area contributed by atoms with Crippen molar-refractivity contribution in [3.8, 4) is 5.75 Å². The molecule has 1 saturated heterocycles. The van der Waals surface area contributed by atoms with Crippen molar-refractivity contribution in [1.29, 1.82) is 0 Å². The normalized spacial score (nSPS) is 19.3. The van der Waals surface area contributed by atoms with Crippen molar-refractivity contribution in [3.05, 3.63) is 22.7 Å². The van der Waals surface area contributed by atoms with E-state index in [0.717, 1.165) is 4.31 Å². The maximum Gasteiger partial charge on any atom is 0.322 e. The Bertz CT molecular complexity index is 689. The maximum absolute atomic E-state index is 12.8. The summed E-state index contributed by atoms with van der Waals surface area (Å²) in [6.45, 7) is 3.97. The van der Waals surface area contributed by atoms with Gasteiger partial charge in [-0.2, -0.15) is 4.31 Å². The number of nitrogens with zero attached hydrogens (tertiary/aromatic N) is 1. The highest BCUT2D eigenvalue weighted by Crippen LogP contribution is 2.35. The Morgan fingerprint density at radius 3 is 2.77 bits per heavy atom. The number of ether oxygens (including phenoxy) is 1. The average molecular weight is 348 g/mol. The van der Waals surface area contributed by atoms with Gasteiger partial charge in [0, 0.05) is 11.6 Å². The molecule has 1 aliphatic heterocycles. The third kappa shape index (κ3) is 3.06. The third-order valence-corrected chi connectivity index (χ3v) is 5.94. The average Bonchev–Trinajstić information content (AvgIpc) is 2.93. The second-order valence-corrected chi connectivity index (χ2v) is 7.36. The Morgan fingerprint density at radius 1 is 1.50 bits per heavy atom. The van der Waals surface area contributed by atoms with Crippen LogP contribution in [0, 0.1) is 6.92 Å². The van der Waals surface area contributed by atoms with Crippen LogP contribution in [0.25, 0.3) is 0 Å². The number of carboxylic acid groups (broad SMARTS) is 1. The highest BCUT2D eigenvalue weighted by Gasteiger charge is 2.40. The molecule has 0 bridgehead atoms. The summed E-state index contributed by atoms with van der Waals surface area (Å²) in [5, 5.41) is 9.50. The van der Waals surface area contributed by atoms with E-state index in [0.29, 0.717) is 30.0 Å². The second kappa shape index (κ2) is 6.44. The van der Waals surface area contributed by atoms with Crippen molar-refractivity contribution in [2.45, 2.75) is 37.6 Å². The molecule has 1 aliphatic rings. The first-order chi connectivity index (χ1) is 10.3. The van der Waals surface area contributed by atoms with Gasteiger partial charge in [0.2, 0.25) is 10.0 Å². The molecule has 1 heterocycles. The Balaban J connectivity index is 2.53. The molecule has 122 valence electrons. The summed E-state index contributed by atoms with van der Waals surface area (Å²) < 4.78 is 32.1. The summed E-state index contributed by atoms with van der Waals surface area (Å²) in [5.74, 6) is -0.947. The highest BCUT2D eigenvalue weighted by molar-refractivity contribution is 7.89. The van der Waals surface area contributed by atoms with Crippen LogP contribution < -0.4 is 4.74 Å². The first-order valence-electron chi connectivity index (χ1n) is 6.96. The summed E-state index contributed by atoms with van der Waals surface area (Å²) in [6.07, 6.45) is 0.817. The molecule has 8 heteroatoms. The monoisotopic (exact) mass is 347 g/mol. The van der Waals surface area contributed by atoms with Crippen LogP contribution in [0.4, 0.5) is 0 Å². The van der Waals surface area contributed by atoms with Gasteiger partial charge in [0.05, 0.1) is 6.61 Å². The zero-order chi connectivity index (χ0) is 16.5. The van der Waals surface area contributed by atoms with E-state index in [9.17, 15) is 18.3 Å². The lowest BCUT2D eigenvalue weighted by atomic mass is 10.2. The van der Waals surface area contributed by atoms with Crippen LogP contribution >= 0.6 is 11.6 Å². The minimum absolute atomic E-state index is 0.0851. The lowest BCUT2D eigenvalue weighted by Gasteiger charge is -2.22. The van der Waals surface area contributed by atoms with E-state index in [2.05, 4.69) is 0 Å². The van der Waals surface area contributed by atoms with Crippen LogP contribution in [0.2, 0.25) is 5.02 Å². The molecule has 0 radical (unpaired) electrons. The molecule has 0 unspecified atom stereocenters. The van der Waals surface area contributed by atoms with Crippen molar-refractivity contribution in [1.82, 2.24) is 4.31 Å². The molecule has 22 heavy (non-hydrogen) atoms. The minimum Gasteiger partial charge on any atom is -0.492 e. The molecule has 0 amide bonds. The Kier molecular flexibility index (Phi) is 4.99. The summed E-state index contributed by atoms with van der Waals surface area (Å²) in [7, 11) is -3.98. The van der Waals surface area contributed by atoms with E-state index in [1.807, 2.05) is 0 Å². The smallest absolute Gasteiger partial charge is 0.322 e. The molecule has 2 rings (SSSR count). The topological polar surface area (TPSA) is 83.9 Å². The van der Waals surface area contributed by atoms with E-state index < -0.39 is 22.0 Å². The first-order valence-corrected chi connectivity index (χ1v) is 8.78. The predicted octanol–water partition coefficient (Wildman–Crippen LogP) is 2.28. The highest BCUT2D eigenvalue weighted by atomic mass is 35.5. The van der Waals surface area contributed by atoms with Gasteiger partial charge in [0.25, 0.3) is 0 Å². The molecule has 1 aromatic carbocycles. The number of aryl methyl sites for hydroxylation is 1. The number of rotatable bonds is 5. The van der Waals surface area contributed by atoms with Crippen molar-refractivity contribution >= 4 is 27.6 Å². The summed E-state index contributed by atoms with van der Waals surface area (Å²) >= 11 is 6.04. The van der Waals surface area contributed by atoms with Crippen molar-refractivity contribution < 1.29 is 23.1 Å². The number of benzene rings is 1. The van der Waals surface area contributed by atoms with Gasteiger partial charge in [-0.05, 0) is 44.4 Å². The Hall–Kier alpha value is -1.31. The van der Waals surface area contributed by atoms with Gasteiger partial charge in [0.15, 0.2) is 0 Å². The standard InChI is InChI=1S/C14H18ClNO5S/c1-3-21-12-7-9(2)10(15)8-13(12)22(19,20)16-6-4-5-11(16)14(17)18/h7-8,11H,3-6H2,1-2H3,(H,17,18)/t11-/m0/s1. The number of hydrogen-bond donors (Lipinski definition) is 1. The van der Waals surface area contributed by atoms with E-state index >= 15 is 0 Å². The fourth-order valence-electron chi connectivity index (χ4n) is 2.51. The van der Waals surface area contributed by atoms with Gasteiger partial charge >= 0.3 is 5.97 Å². The van der Waals surface area contributed by atoms with E-state index in [1.165, 1.54) is 6.07 Å². The molecule has 0 aromatic heterocycles. The number of halogens is 1. The lowest BCUT2D eigenvalue weighted by molar-refractivity contribution is -0.140. The fraction of sp³-hybridized carbons (Fsp3) is 0.500. The minimum atomic E-state index is -3.98. The third-order valence-electron chi connectivity index (χ3n) is 3.60.